The zero-order valence-corrected chi connectivity index (χ0v) is 11.4. The molecule has 0 fully saturated rings. The number of aromatic nitrogens is 2. The molecule has 3 nitrogen and oxygen atoms in total. The molecule has 0 unspecified atom stereocenters. The maximum atomic E-state index is 13.6. The lowest BCUT2D eigenvalue weighted by Gasteiger charge is -2.07. The molecule has 0 aliphatic carbocycles. The molecule has 1 heterocycles. The lowest BCUT2D eigenvalue weighted by Crippen LogP contribution is -1.97. The van der Waals surface area contributed by atoms with Crippen LogP contribution in [-0.2, 0) is 0 Å². The minimum Gasteiger partial charge on any atom is -0.305 e. The van der Waals surface area contributed by atoms with Gasteiger partial charge < -0.3 is 4.57 Å². The monoisotopic (exact) mass is 277 g/mol. The minimum atomic E-state index is -0.498. The first-order chi connectivity index (χ1) is 10.2. The Morgan fingerprint density at radius 1 is 1.19 bits per heavy atom. The first kappa shape index (κ1) is 13.1. The van der Waals surface area contributed by atoms with E-state index >= 15 is 0 Å². The van der Waals surface area contributed by atoms with Crippen LogP contribution in [0.2, 0.25) is 0 Å². The summed E-state index contributed by atoms with van der Waals surface area (Å²) in [5.74, 6) is -0.498. The van der Waals surface area contributed by atoms with Gasteiger partial charge in [0.05, 0.1) is 23.3 Å². The molecule has 0 spiro atoms. The Balaban J connectivity index is 2.07. The van der Waals surface area contributed by atoms with Crippen LogP contribution in [0.3, 0.4) is 0 Å². The Bertz CT molecular complexity index is 829. The normalized spacial score (nSPS) is 10.3. The zero-order chi connectivity index (χ0) is 14.8. The molecule has 3 aromatic rings. The van der Waals surface area contributed by atoms with Crippen LogP contribution in [0, 0.1) is 24.1 Å². The van der Waals surface area contributed by atoms with Crippen molar-refractivity contribution in [3.05, 3.63) is 71.9 Å². The summed E-state index contributed by atoms with van der Waals surface area (Å²) in [5, 5.41) is 8.95. The predicted molar refractivity (Wildman–Crippen MR) is 78.4 cm³/mol. The van der Waals surface area contributed by atoms with Crippen molar-refractivity contribution in [2.75, 3.05) is 0 Å². The van der Waals surface area contributed by atoms with E-state index in [0.29, 0.717) is 0 Å². The molecule has 2 aromatic carbocycles. The van der Waals surface area contributed by atoms with Gasteiger partial charge in [-0.25, -0.2) is 9.37 Å². The molecule has 21 heavy (non-hydrogen) atoms. The lowest BCUT2D eigenvalue weighted by molar-refractivity contribution is 0.622. The average molecular weight is 277 g/mol. The summed E-state index contributed by atoms with van der Waals surface area (Å²) in [7, 11) is 0. The number of imidazole rings is 1. The second-order valence-electron chi connectivity index (χ2n) is 4.76. The number of rotatable bonds is 2. The van der Waals surface area contributed by atoms with Crippen LogP contribution in [0.5, 0.6) is 0 Å². The first-order valence-corrected chi connectivity index (χ1v) is 6.49. The fourth-order valence-electron chi connectivity index (χ4n) is 2.24. The maximum Gasteiger partial charge on any atom is 0.141 e. The third kappa shape index (κ3) is 2.41. The highest BCUT2D eigenvalue weighted by Crippen LogP contribution is 2.22. The van der Waals surface area contributed by atoms with E-state index in [4.69, 9.17) is 5.26 Å². The van der Waals surface area contributed by atoms with Gasteiger partial charge in [0, 0.05) is 11.8 Å². The molecule has 0 aliphatic heterocycles. The fourth-order valence-corrected chi connectivity index (χ4v) is 2.24. The standard InChI is InChI=1S/C17H12FN3/c1-12-7-15(18)14(9-19)8-17(12)21-10-16(20-11-21)13-5-3-2-4-6-13/h2-8,10-11H,1H3. The molecule has 0 aliphatic rings. The molecular formula is C17H12FN3. The van der Waals surface area contributed by atoms with Gasteiger partial charge in [0.15, 0.2) is 0 Å². The van der Waals surface area contributed by atoms with Gasteiger partial charge in [-0.05, 0) is 24.6 Å². The van der Waals surface area contributed by atoms with Gasteiger partial charge in [0.1, 0.15) is 11.9 Å². The SMILES string of the molecule is Cc1cc(F)c(C#N)cc1-n1cnc(-c2ccccc2)c1. The summed E-state index contributed by atoms with van der Waals surface area (Å²) in [4.78, 5) is 4.37. The molecule has 0 atom stereocenters. The second-order valence-corrected chi connectivity index (χ2v) is 4.76. The number of aryl methyl sites for hydroxylation is 1. The Kier molecular flexibility index (Phi) is 3.25. The zero-order valence-electron chi connectivity index (χ0n) is 11.4. The third-order valence-electron chi connectivity index (χ3n) is 3.34. The quantitative estimate of drug-likeness (QED) is 0.713. The number of benzene rings is 2. The van der Waals surface area contributed by atoms with Crippen molar-refractivity contribution in [2.45, 2.75) is 6.92 Å². The van der Waals surface area contributed by atoms with Gasteiger partial charge >= 0.3 is 0 Å². The van der Waals surface area contributed by atoms with Crippen LogP contribution in [0.1, 0.15) is 11.1 Å². The smallest absolute Gasteiger partial charge is 0.141 e. The Morgan fingerprint density at radius 3 is 2.67 bits per heavy atom. The van der Waals surface area contributed by atoms with Gasteiger partial charge in [0.25, 0.3) is 0 Å². The van der Waals surface area contributed by atoms with Crippen molar-refractivity contribution in [1.82, 2.24) is 9.55 Å². The summed E-state index contributed by atoms with van der Waals surface area (Å²) < 4.78 is 15.4. The van der Waals surface area contributed by atoms with Crippen LogP contribution in [0.25, 0.3) is 16.9 Å². The van der Waals surface area contributed by atoms with E-state index in [2.05, 4.69) is 4.98 Å². The summed E-state index contributed by atoms with van der Waals surface area (Å²) in [6, 6.07) is 14.6. The number of halogens is 1. The lowest BCUT2D eigenvalue weighted by atomic mass is 10.1. The Morgan fingerprint density at radius 2 is 1.95 bits per heavy atom. The predicted octanol–water partition coefficient (Wildman–Crippen LogP) is 3.86. The van der Waals surface area contributed by atoms with E-state index < -0.39 is 5.82 Å². The van der Waals surface area contributed by atoms with Crippen LogP contribution < -0.4 is 0 Å². The van der Waals surface area contributed by atoms with E-state index in [-0.39, 0.29) is 5.56 Å². The highest BCUT2D eigenvalue weighted by Gasteiger charge is 2.10. The molecule has 102 valence electrons. The summed E-state index contributed by atoms with van der Waals surface area (Å²) in [6.07, 6.45) is 3.54. The minimum absolute atomic E-state index is 0.0329. The topological polar surface area (TPSA) is 41.6 Å². The molecule has 3 rings (SSSR count). The molecule has 0 radical (unpaired) electrons. The number of hydrogen-bond acceptors (Lipinski definition) is 2. The van der Waals surface area contributed by atoms with E-state index in [1.807, 2.05) is 49.5 Å². The number of nitriles is 1. The van der Waals surface area contributed by atoms with Crippen molar-refractivity contribution < 1.29 is 4.39 Å². The summed E-state index contributed by atoms with van der Waals surface area (Å²) >= 11 is 0. The van der Waals surface area contributed by atoms with Gasteiger partial charge in [-0.2, -0.15) is 5.26 Å². The molecule has 0 saturated heterocycles. The van der Waals surface area contributed by atoms with Crippen LogP contribution in [0.4, 0.5) is 4.39 Å². The Labute approximate surface area is 121 Å². The number of hydrogen-bond donors (Lipinski definition) is 0. The Hall–Kier alpha value is -2.93. The molecule has 1 aromatic heterocycles. The van der Waals surface area contributed by atoms with Crippen molar-refractivity contribution in [1.29, 1.82) is 5.26 Å². The number of nitrogens with zero attached hydrogens (tertiary/aromatic N) is 3. The van der Waals surface area contributed by atoms with Crippen molar-refractivity contribution >= 4 is 0 Å². The highest BCUT2D eigenvalue weighted by molar-refractivity contribution is 5.59. The summed E-state index contributed by atoms with van der Waals surface area (Å²) in [6.45, 7) is 1.81. The van der Waals surface area contributed by atoms with Gasteiger partial charge in [-0.15, -0.1) is 0 Å². The molecule has 0 saturated carbocycles. The average Bonchev–Trinajstić information content (AvgIpc) is 2.98. The van der Waals surface area contributed by atoms with Crippen LogP contribution in [0.15, 0.2) is 55.0 Å². The van der Waals surface area contributed by atoms with Gasteiger partial charge in [0.2, 0.25) is 0 Å². The first-order valence-electron chi connectivity index (χ1n) is 6.49. The largest absolute Gasteiger partial charge is 0.305 e. The molecule has 0 amide bonds. The van der Waals surface area contributed by atoms with E-state index in [1.54, 1.807) is 17.0 Å². The van der Waals surface area contributed by atoms with Gasteiger partial charge in [-0.3, -0.25) is 0 Å². The van der Waals surface area contributed by atoms with E-state index in [0.717, 1.165) is 22.5 Å². The van der Waals surface area contributed by atoms with Crippen molar-refractivity contribution in [3.8, 4) is 23.0 Å². The molecule has 0 N–H and O–H groups in total. The fraction of sp³-hybridized carbons (Fsp3) is 0.0588. The molecule has 0 bridgehead atoms. The summed E-state index contributed by atoms with van der Waals surface area (Å²) in [5.41, 5.74) is 3.38. The van der Waals surface area contributed by atoms with Crippen LogP contribution in [-0.4, -0.2) is 9.55 Å². The molecular weight excluding hydrogens is 265 g/mol. The third-order valence-corrected chi connectivity index (χ3v) is 3.34. The van der Waals surface area contributed by atoms with Crippen LogP contribution >= 0.6 is 0 Å². The highest BCUT2D eigenvalue weighted by atomic mass is 19.1. The van der Waals surface area contributed by atoms with E-state index in [1.165, 1.54) is 6.07 Å². The van der Waals surface area contributed by atoms with E-state index in [9.17, 15) is 4.39 Å². The van der Waals surface area contributed by atoms with Crippen molar-refractivity contribution in [3.63, 3.8) is 0 Å². The maximum absolute atomic E-state index is 13.6. The molecule has 4 heteroatoms. The second kappa shape index (κ2) is 5.22. The van der Waals surface area contributed by atoms with Crippen molar-refractivity contribution in [2.24, 2.45) is 0 Å². The van der Waals surface area contributed by atoms with Gasteiger partial charge in [-0.1, -0.05) is 30.3 Å².